The van der Waals surface area contributed by atoms with Gasteiger partial charge >= 0.3 is 0 Å². The van der Waals surface area contributed by atoms with Crippen LogP contribution < -0.4 is 5.32 Å². The second kappa shape index (κ2) is 7.58. The van der Waals surface area contributed by atoms with Crippen LogP contribution in [0.15, 0.2) is 0 Å². The minimum atomic E-state index is -0.286. The van der Waals surface area contributed by atoms with E-state index in [1.807, 2.05) is 0 Å². The van der Waals surface area contributed by atoms with Crippen molar-refractivity contribution in [1.29, 1.82) is 5.26 Å². The second-order valence-electron chi connectivity index (χ2n) is 6.84. The average Bonchev–Trinajstić information content (AvgIpc) is 2.95. The van der Waals surface area contributed by atoms with E-state index in [1.165, 1.54) is 32.4 Å². The van der Waals surface area contributed by atoms with Gasteiger partial charge in [0.25, 0.3) is 0 Å². The molecule has 3 atom stereocenters. The summed E-state index contributed by atoms with van der Waals surface area (Å²) < 4.78 is 0. The highest BCUT2D eigenvalue weighted by atomic mass is 15.2. The molecule has 1 aliphatic carbocycles. The van der Waals surface area contributed by atoms with E-state index < -0.39 is 0 Å². The molecule has 4 heteroatoms. The summed E-state index contributed by atoms with van der Waals surface area (Å²) in [6.45, 7) is 8.85. The fourth-order valence-electron chi connectivity index (χ4n) is 4.26. The van der Waals surface area contributed by atoms with Crippen LogP contribution in [-0.2, 0) is 0 Å². The Labute approximate surface area is 130 Å². The van der Waals surface area contributed by atoms with Gasteiger partial charge in [-0.25, -0.2) is 0 Å². The number of hydrogen-bond acceptors (Lipinski definition) is 4. The lowest BCUT2D eigenvalue weighted by Crippen LogP contribution is -2.53. The molecule has 0 aromatic carbocycles. The van der Waals surface area contributed by atoms with Gasteiger partial charge in [0, 0.05) is 18.6 Å². The lowest BCUT2D eigenvalue weighted by atomic mass is 9.79. The first-order chi connectivity index (χ1) is 10.1. The molecule has 1 heterocycles. The van der Waals surface area contributed by atoms with Crippen LogP contribution in [0, 0.1) is 11.3 Å². The molecular weight excluding hydrogens is 260 g/mol. The van der Waals surface area contributed by atoms with Crippen LogP contribution >= 0.6 is 0 Å². The van der Waals surface area contributed by atoms with Gasteiger partial charge in [0.15, 0.2) is 0 Å². The third kappa shape index (κ3) is 3.97. The normalized spacial score (nSPS) is 34.2. The maximum absolute atomic E-state index is 9.60. The Morgan fingerprint density at radius 1 is 1.33 bits per heavy atom. The summed E-state index contributed by atoms with van der Waals surface area (Å²) in [5.41, 5.74) is -0.286. The number of likely N-dealkylation sites (N-methyl/N-ethyl adjacent to an activating group) is 2. The van der Waals surface area contributed by atoms with Crippen molar-refractivity contribution in [3.05, 3.63) is 0 Å². The maximum atomic E-state index is 9.60. The van der Waals surface area contributed by atoms with Crippen molar-refractivity contribution in [2.24, 2.45) is 0 Å². The van der Waals surface area contributed by atoms with Gasteiger partial charge in [-0.1, -0.05) is 13.8 Å². The first-order valence-electron chi connectivity index (χ1n) is 8.74. The highest BCUT2D eigenvalue weighted by molar-refractivity contribution is 5.11. The topological polar surface area (TPSA) is 42.3 Å². The zero-order chi connectivity index (χ0) is 15.3. The smallest absolute Gasteiger partial charge is 0.108 e. The number of rotatable bonds is 6. The maximum Gasteiger partial charge on any atom is 0.108 e. The van der Waals surface area contributed by atoms with E-state index in [4.69, 9.17) is 0 Å². The van der Waals surface area contributed by atoms with Crippen LogP contribution in [0.3, 0.4) is 0 Å². The molecule has 4 nitrogen and oxygen atoms in total. The largest absolute Gasteiger partial charge is 0.302 e. The molecule has 21 heavy (non-hydrogen) atoms. The van der Waals surface area contributed by atoms with Crippen LogP contribution in [0.1, 0.15) is 52.4 Å². The molecule has 2 fully saturated rings. The highest BCUT2D eigenvalue weighted by Gasteiger charge is 2.38. The van der Waals surface area contributed by atoms with E-state index in [0.29, 0.717) is 6.04 Å². The molecular formula is C17H32N4. The lowest BCUT2D eigenvalue weighted by molar-refractivity contribution is 0.113. The Morgan fingerprint density at radius 2 is 2.14 bits per heavy atom. The number of nitrogens with one attached hydrogen (secondary N) is 1. The molecule has 0 aromatic heterocycles. The van der Waals surface area contributed by atoms with E-state index in [-0.39, 0.29) is 5.54 Å². The summed E-state index contributed by atoms with van der Waals surface area (Å²) in [6.07, 6.45) is 7.07. The zero-order valence-electron chi connectivity index (χ0n) is 14.1. The molecule has 1 aliphatic heterocycles. The van der Waals surface area contributed by atoms with Crippen molar-refractivity contribution in [3.63, 3.8) is 0 Å². The van der Waals surface area contributed by atoms with Gasteiger partial charge in [-0.05, 0) is 65.2 Å². The van der Waals surface area contributed by atoms with Crippen LogP contribution in [0.4, 0.5) is 0 Å². The van der Waals surface area contributed by atoms with E-state index in [0.717, 1.165) is 38.4 Å². The third-order valence-corrected chi connectivity index (χ3v) is 5.48. The summed E-state index contributed by atoms with van der Waals surface area (Å²) in [5.74, 6) is 0. The van der Waals surface area contributed by atoms with Gasteiger partial charge in [-0.3, -0.25) is 10.2 Å². The summed E-state index contributed by atoms with van der Waals surface area (Å²) in [4.78, 5) is 5.14. The van der Waals surface area contributed by atoms with Crippen LogP contribution in [0.2, 0.25) is 0 Å². The Bertz CT molecular complexity index is 360. The minimum absolute atomic E-state index is 0.286. The highest BCUT2D eigenvalue weighted by Crippen LogP contribution is 2.31. The van der Waals surface area contributed by atoms with Gasteiger partial charge in [0.05, 0.1) is 6.07 Å². The molecule has 1 saturated heterocycles. The summed E-state index contributed by atoms with van der Waals surface area (Å²) in [5, 5.41) is 13.0. The molecule has 2 rings (SSSR count). The van der Waals surface area contributed by atoms with Crippen molar-refractivity contribution in [3.8, 4) is 6.07 Å². The molecule has 1 saturated carbocycles. The fraction of sp³-hybridized carbons (Fsp3) is 0.941. The van der Waals surface area contributed by atoms with Crippen LogP contribution in [0.25, 0.3) is 0 Å². The number of nitrogens with zero attached hydrogens (tertiary/aromatic N) is 3. The first-order valence-corrected chi connectivity index (χ1v) is 8.74. The molecule has 2 aliphatic rings. The standard InChI is InChI=1S/C17H32N4/c1-4-19-17(14-18)10-6-8-15(12-17)20(3)13-16-9-7-11-21(16)5-2/h15-16,19H,4-13H2,1-3H3. The molecule has 0 bridgehead atoms. The number of hydrogen-bond donors (Lipinski definition) is 1. The van der Waals surface area contributed by atoms with Gasteiger partial charge in [0.2, 0.25) is 0 Å². The molecule has 0 aromatic rings. The quantitative estimate of drug-likeness (QED) is 0.815. The molecule has 0 radical (unpaired) electrons. The summed E-state index contributed by atoms with van der Waals surface area (Å²) in [6, 6.07) is 3.84. The Balaban J connectivity index is 1.92. The van der Waals surface area contributed by atoms with Crippen molar-refractivity contribution >= 4 is 0 Å². The van der Waals surface area contributed by atoms with Crippen LogP contribution in [-0.4, -0.2) is 60.6 Å². The molecule has 3 unspecified atom stereocenters. The second-order valence-corrected chi connectivity index (χ2v) is 6.84. The first kappa shape index (κ1) is 16.7. The Hall–Kier alpha value is -0.630. The Kier molecular flexibility index (Phi) is 6.04. The van der Waals surface area contributed by atoms with Crippen molar-refractivity contribution in [2.45, 2.75) is 70.0 Å². The number of nitriles is 1. The monoisotopic (exact) mass is 292 g/mol. The molecule has 1 N–H and O–H groups in total. The van der Waals surface area contributed by atoms with E-state index in [1.54, 1.807) is 0 Å². The van der Waals surface area contributed by atoms with E-state index in [9.17, 15) is 5.26 Å². The SMILES string of the molecule is CCNC1(C#N)CCCC(N(C)CC2CCCN2CC)C1. The summed E-state index contributed by atoms with van der Waals surface area (Å²) >= 11 is 0. The zero-order valence-corrected chi connectivity index (χ0v) is 14.1. The molecule has 120 valence electrons. The van der Waals surface area contributed by atoms with Crippen molar-refractivity contribution in [2.75, 3.05) is 33.2 Å². The van der Waals surface area contributed by atoms with Crippen molar-refractivity contribution < 1.29 is 0 Å². The summed E-state index contributed by atoms with van der Waals surface area (Å²) in [7, 11) is 2.26. The van der Waals surface area contributed by atoms with E-state index >= 15 is 0 Å². The minimum Gasteiger partial charge on any atom is -0.302 e. The molecule has 0 spiro atoms. The van der Waals surface area contributed by atoms with Gasteiger partial charge < -0.3 is 4.90 Å². The average molecular weight is 292 g/mol. The van der Waals surface area contributed by atoms with Crippen LogP contribution in [0.5, 0.6) is 0 Å². The van der Waals surface area contributed by atoms with Gasteiger partial charge in [-0.15, -0.1) is 0 Å². The fourth-order valence-corrected chi connectivity index (χ4v) is 4.26. The molecule has 0 amide bonds. The predicted molar refractivity (Wildman–Crippen MR) is 87.2 cm³/mol. The number of likely N-dealkylation sites (tertiary alicyclic amines) is 1. The Morgan fingerprint density at radius 3 is 2.81 bits per heavy atom. The van der Waals surface area contributed by atoms with Gasteiger partial charge in [0.1, 0.15) is 5.54 Å². The third-order valence-electron chi connectivity index (χ3n) is 5.48. The lowest BCUT2D eigenvalue weighted by Gasteiger charge is -2.41. The predicted octanol–water partition coefficient (Wildman–Crippen LogP) is 2.22. The van der Waals surface area contributed by atoms with Gasteiger partial charge in [-0.2, -0.15) is 5.26 Å². The van der Waals surface area contributed by atoms with E-state index in [2.05, 4.69) is 42.1 Å². The van der Waals surface area contributed by atoms with Crippen molar-refractivity contribution in [1.82, 2.24) is 15.1 Å².